The van der Waals surface area contributed by atoms with Gasteiger partial charge in [-0.1, -0.05) is 0 Å². The van der Waals surface area contributed by atoms with Crippen molar-refractivity contribution < 1.29 is 29.3 Å². The summed E-state index contributed by atoms with van der Waals surface area (Å²) in [6, 6.07) is 5.01. The number of carbonyl (C=O) groups is 2. The van der Waals surface area contributed by atoms with Crippen LogP contribution in [0.15, 0.2) is 30.9 Å². The molecule has 1 aromatic heterocycles. The number of hydrogen-bond acceptors (Lipinski definition) is 7. The van der Waals surface area contributed by atoms with Crippen molar-refractivity contribution in [2.75, 3.05) is 40.4 Å². The lowest BCUT2D eigenvalue weighted by Crippen LogP contribution is -2.47. The summed E-state index contributed by atoms with van der Waals surface area (Å²) in [6.07, 6.45) is 9.41. The van der Waals surface area contributed by atoms with Crippen molar-refractivity contribution in [3.63, 3.8) is 0 Å². The standard InChI is InChI=1S/C21H30N4O2.2CH2O2/c1-26-20-13-17-3-9-25(15-18(17)14-21(20)27-2)19-4-7-23(8-5-19)11-12-24-10-6-22-16-24;2*2-1-3/h6,10,13-14,16,19H,3-5,7-9,11-12,15H2,1-2H3;2*1H,(H,2,3). The van der Waals surface area contributed by atoms with Crippen molar-refractivity contribution in [1.82, 2.24) is 19.4 Å². The zero-order valence-electron chi connectivity index (χ0n) is 19.3. The molecular weight excluding hydrogens is 428 g/mol. The molecule has 1 aromatic carbocycles. The fourth-order valence-electron chi connectivity index (χ4n) is 4.40. The summed E-state index contributed by atoms with van der Waals surface area (Å²) in [5.41, 5.74) is 2.79. The van der Waals surface area contributed by atoms with Crippen LogP contribution in [0.3, 0.4) is 0 Å². The van der Waals surface area contributed by atoms with Gasteiger partial charge in [0, 0.05) is 44.6 Å². The summed E-state index contributed by atoms with van der Waals surface area (Å²) in [4.78, 5) is 26.1. The van der Waals surface area contributed by atoms with E-state index in [1.807, 2.05) is 18.7 Å². The van der Waals surface area contributed by atoms with E-state index in [9.17, 15) is 0 Å². The molecule has 33 heavy (non-hydrogen) atoms. The summed E-state index contributed by atoms with van der Waals surface area (Å²) >= 11 is 0. The molecule has 0 amide bonds. The van der Waals surface area contributed by atoms with Crippen LogP contribution in [0.2, 0.25) is 0 Å². The molecular formula is C23H34N4O6. The van der Waals surface area contributed by atoms with E-state index in [0.29, 0.717) is 6.04 Å². The molecule has 1 fully saturated rings. The van der Waals surface area contributed by atoms with Crippen LogP contribution in [0.1, 0.15) is 24.0 Å². The van der Waals surface area contributed by atoms with Gasteiger partial charge in [-0.3, -0.25) is 14.5 Å². The van der Waals surface area contributed by atoms with E-state index in [-0.39, 0.29) is 12.9 Å². The van der Waals surface area contributed by atoms with Crippen LogP contribution >= 0.6 is 0 Å². The van der Waals surface area contributed by atoms with Crippen LogP contribution in [-0.4, -0.2) is 88.9 Å². The summed E-state index contributed by atoms with van der Waals surface area (Å²) in [5, 5.41) is 13.8. The molecule has 182 valence electrons. The lowest BCUT2D eigenvalue weighted by Gasteiger charge is -2.40. The summed E-state index contributed by atoms with van der Waals surface area (Å²) in [5.74, 6) is 1.68. The molecule has 0 spiro atoms. The maximum absolute atomic E-state index is 8.36. The van der Waals surface area contributed by atoms with Crippen molar-refractivity contribution in [3.8, 4) is 11.5 Å². The van der Waals surface area contributed by atoms with Crippen LogP contribution in [0.25, 0.3) is 0 Å². The molecule has 0 bridgehead atoms. The Balaban J connectivity index is 0.000000582. The second-order valence-corrected chi connectivity index (χ2v) is 7.78. The van der Waals surface area contributed by atoms with Crippen LogP contribution in [0, 0.1) is 0 Å². The number of imidazole rings is 1. The molecule has 2 aliphatic rings. The largest absolute Gasteiger partial charge is 0.493 e. The molecule has 3 heterocycles. The Labute approximate surface area is 194 Å². The first-order valence-electron chi connectivity index (χ1n) is 10.9. The minimum absolute atomic E-state index is 0.250. The maximum Gasteiger partial charge on any atom is 0.290 e. The van der Waals surface area contributed by atoms with E-state index in [4.69, 9.17) is 29.3 Å². The Bertz CT molecular complexity index is 832. The van der Waals surface area contributed by atoms with Gasteiger partial charge >= 0.3 is 0 Å². The van der Waals surface area contributed by atoms with Crippen LogP contribution < -0.4 is 9.47 Å². The van der Waals surface area contributed by atoms with Gasteiger partial charge in [-0.2, -0.15) is 0 Å². The highest BCUT2D eigenvalue weighted by Gasteiger charge is 2.28. The molecule has 0 unspecified atom stereocenters. The molecule has 0 aliphatic carbocycles. The molecule has 0 atom stereocenters. The second kappa shape index (κ2) is 14.1. The van der Waals surface area contributed by atoms with Gasteiger partial charge in [-0.15, -0.1) is 0 Å². The smallest absolute Gasteiger partial charge is 0.290 e. The highest BCUT2D eigenvalue weighted by Crippen LogP contribution is 2.34. The summed E-state index contributed by atoms with van der Waals surface area (Å²) in [7, 11) is 3.42. The van der Waals surface area contributed by atoms with E-state index in [1.54, 1.807) is 14.2 Å². The number of nitrogens with zero attached hydrogens (tertiary/aromatic N) is 4. The Kier molecular flexibility index (Phi) is 11.2. The van der Waals surface area contributed by atoms with Crippen molar-refractivity contribution >= 4 is 12.9 Å². The maximum atomic E-state index is 8.36. The first-order valence-corrected chi connectivity index (χ1v) is 10.9. The third kappa shape index (κ3) is 7.76. The fraction of sp³-hybridized carbons (Fsp3) is 0.522. The predicted octanol–water partition coefficient (Wildman–Crippen LogP) is 1.82. The third-order valence-electron chi connectivity index (χ3n) is 6.05. The quantitative estimate of drug-likeness (QED) is 0.620. The van der Waals surface area contributed by atoms with E-state index >= 15 is 0 Å². The van der Waals surface area contributed by atoms with Gasteiger partial charge in [0.1, 0.15) is 0 Å². The van der Waals surface area contributed by atoms with E-state index in [1.165, 1.54) is 37.1 Å². The van der Waals surface area contributed by atoms with E-state index in [0.717, 1.165) is 44.1 Å². The molecule has 10 heteroatoms. The number of piperidine rings is 1. The molecule has 0 radical (unpaired) electrons. The lowest BCUT2D eigenvalue weighted by atomic mass is 9.95. The highest BCUT2D eigenvalue weighted by molar-refractivity contribution is 5.48. The number of likely N-dealkylation sites (tertiary alicyclic amines) is 1. The SMILES string of the molecule is COc1cc2c(cc1OC)CN(C1CCN(CCn3ccnc3)CC1)CC2.O=CO.O=CO. The molecule has 4 rings (SSSR count). The molecule has 2 N–H and O–H groups in total. The molecule has 1 saturated heterocycles. The van der Waals surface area contributed by atoms with Gasteiger partial charge in [0.15, 0.2) is 11.5 Å². The van der Waals surface area contributed by atoms with Crippen LogP contribution in [0.4, 0.5) is 0 Å². The van der Waals surface area contributed by atoms with E-state index in [2.05, 4.69) is 31.5 Å². The number of carboxylic acid groups (broad SMARTS) is 2. The van der Waals surface area contributed by atoms with Gasteiger partial charge in [0.2, 0.25) is 0 Å². The van der Waals surface area contributed by atoms with Gasteiger partial charge in [-0.25, -0.2) is 4.98 Å². The number of methoxy groups -OCH3 is 2. The van der Waals surface area contributed by atoms with Crippen molar-refractivity contribution in [3.05, 3.63) is 42.0 Å². The number of ether oxygens (including phenoxy) is 2. The van der Waals surface area contributed by atoms with Crippen LogP contribution in [-0.2, 0) is 29.1 Å². The number of fused-ring (bicyclic) bond motifs is 1. The zero-order chi connectivity index (χ0) is 24.1. The molecule has 10 nitrogen and oxygen atoms in total. The fourth-order valence-corrected chi connectivity index (χ4v) is 4.40. The van der Waals surface area contributed by atoms with Crippen LogP contribution in [0.5, 0.6) is 11.5 Å². The zero-order valence-corrected chi connectivity index (χ0v) is 19.3. The average molecular weight is 463 g/mol. The monoisotopic (exact) mass is 462 g/mol. The molecule has 0 saturated carbocycles. The van der Waals surface area contributed by atoms with E-state index < -0.39 is 0 Å². The number of hydrogen-bond donors (Lipinski definition) is 2. The second-order valence-electron chi connectivity index (χ2n) is 7.78. The summed E-state index contributed by atoms with van der Waals surface area (Å²) < 4.78 is 13.1. The van der Waals surface area contributed by atoms with Gasteiger partial charge < -0.3 is 29.2 Å². The van der Waals surface area contributed by atoms with Crippen molar-refractivity contribution in [2.45, 2.75) is 38.4 Å². The number of benzene rings is 1. The third-order valence-corrected chi connectivity index (χ3v) is 6.05. The van der Waals surface area contributed by atoms with Gasteiger partial charge in [0.05, 0.1) is 20.5 Å². The molecule has 2 aromatic rings. The first kappa shape index (κ1) is 26.1. The number of rotatable bonds is 6. The first-order chi connectivity index (χ1) is 16.1. The topological polar surface area (TPSA) is 117 Å². The van der Waals surface area contributed by atoms with Crippen molar-refractivity contribution in [2.24, 2.45) is 0 Å². The van der Waals surface area contributed by atoms with Crippen molar-refractivity contribution in [1.29, 1.82) is 0 Å². The average Bonchev–Trinajstić information content (AvgIpc) is 3.36. The Morgan fingerprint density at radius 3 is 2.15 bits per heavy atom. The minimum atomic E-state index is -0.250. The predicted molar refractivity (Wildman–Crippen MR) is 123 cm³/mol. The number of aromatic nitrogens is 2. The minimum Gasteiger partial charge on any atom is -0.493 e. The van der Waals surface area contributed by atoms with Gasteiger partial charge in [0.25, 0.3) is 12.9 Å². The molecule has 2 aliphatic heterocycles. The summed E-state index contributed by atoms with van der Waals surface area (Å²) in [6.45, 7) is 6.19. The normalized spacial score (nSPS) is 16.3. The highest BCUT2D eigenvalue weighted by atomic mass is 16.5. The Morgan fingerprint density at radius 1 is 1.00 bits per heavy atom. The Hall–Kier alpha value is -3.11. The van der Waals surface area contributed by atoms with Gasteiger partial charge in [-0.05, 0) is 55.6 Å². The lowest BCUT2D eigenvalue weighted by molar-refractivity contribution is -0.123. The Morgan fingerprint density at radius 2 is 1.61 bits per heavy atom.